The molecular weight excluding hydrogens is 242 g/mol. The summed E-state index contributed by atoms with van der Waals surface area (Å²) in [4.78, 5) is 21.2. The standard InChI is InChI=1S/C13H13N5O/c1-17(2)9-4-5-10-11(8-9)15-13(16-12(10)19)18-7-3-6-14-18/h3-8H,1-2H3,(H,15,16,19). The van der Waals surface area contributed by atoms with Crippen LogP contribution in [0.5, 0.6) is 0 Å². The number of anilines is 1. The maximum Gasteiger partial charge on any atom is 0.260 e. The summed E-state index contributed by atoms with van der Waals surface area (Å²) in [6.45, 7) is 0. The summed E-state index contributed by atoms with van der Waals surface area (Å²) in [6.07, 6.45) is 3.38. The second-order valence-corrected chi connectivity index (χ2v) is 4.44. The molecule has 0 radical (unpaired) electrons. The molecule has 0 aliphatic rings. The third-order valence-corrected chi connectivity index (χ3v) is 2.92. The fraction of sp³-hybridized carbons (Fsp3) is 0.154. The Morgan fingerprint density at radius 3 is 2.84 bits per heavy atom. The SMILES string of the molecule is CN(C)c1ccc2c(=O)[nH]c(-n3cccn3)nc2c1. The number of aromatic nitrogens is 4. The molecule has 0 aliphatic heterocycles. The number of hydrogen-bond donors (Lipinski definition) is 1. The number of benzene rings is 1. The molecule has 0 unspecified atom stereocenters. The summed E-state index contributed by atoms with van der Waals surface area (Å²) < 4.78 is 1.53. The third kappa shape index (κ3) is 1.97. The monoisotopic (exact) mass is 255 g/mol. The first-order valence-electron chi connectivity index (χ1n) is 5.86. The van der Waals surface area contributed by atoms with Crippen molar-refractivity contribution in [2.24, 2.45) is 0 Å². The molecule has 0 saturated carbocycles. The van der Waals surface area contributed by atoms with Gasteiger partial charge >= 0.3 is 0 Å². The van der Waals surface area contributed by atoms with E-state index in [0.717, 1.165) is 5.69 Å². The topological polar surface area (TPSA) is 66.8 Å². The van der Waals surface area contributed by atoms with Crippen LogP contribution in [0.3, 0.4) is 0 Å². The second kappa shape index (κ2) is 4.24. The minimum atomic E-state index is -0.166. The van der Waals surface area contributed by atoms with E-state index in [2.05, 4.69) is 15.1 Å². The molecule has 3 aromatic rings. The quantitative estimate of drug-likeness (QED) is 0.746. The van der Waals surface area contributed by atoms with Crippen LogP contribution in [0.2, 0.25) is 0 Å². The Morgan fingerprint density at radius 1 is 1.32 bits per heavy atom. The van der Waals surface area contributed by atoms with Gasteiger partial charge in [-0.25, -0.2) is 9.67 Å². The Morgan fingerprint density at radius 2 is 2.16 bits per heavy atom. The molecule has 2 aromatic heterocycles. The normalized spacial score (nSPS) is 10.8. The summed E-state index contributed by atoms with van der Waals surface area (Å²) in [7, 11) is 3.89. The number of nitrogens with one attached hydrogen (secondary N) is 1. The molecule has 0 spiro atoms. The predicted molar refractivity (Wildman–Crippen MR) is 73.8 cm³/mol. The molecule has 1 aromatic carbocycles. The molecule has 6 nitrogen and oxygen atoms in total. The van der Waals surface area contributed by atoms with Crippen LogP contribution in [-0.2, 0) is 0 Å². The van der Waals surface area contributed by atoms with Gasteiger partial charge in [0.25, 0.3) is 5.56 Å². The number of rotatable bonds is 2. The predicted octanol–water partition coefficient (Wildman–Crippen LogP) is 1.17. The van der Waals surface area contributed by atoms with Crippen molar-refractivity contribution in [1.29, 1.82) is 0 Å². The van der Waals surface area contributed by atoms with Crippen molar-refractivity contribution in [2.45, 2.75) is 0 Å². The molecule has 0 saturated heterocycles. The van der Waals surface area contributed by atoms with Gasteiger partial charge in [0.1, 0.15) is 0 Å². The average Bonchev–Trinajstić information content (AvgIpc) is 2.91. The van der Waals surface area contributed by atoms with E-state index in [1.807, 2.05) is 31.1 Å². The van der Waals surface area contributed by atoms with Crippen LogP contribution in [0.1, 0.15) is 0 Å². The van der Waals surface area contributed by atoms with E-state index in [9.17, 15) is 4.79 Å². The molecule has 19 heavy (non-hydrogen) atoms. The van der Waals surface area contributed by atoms with Crippen LogP contribution < -0.4 is 10.5 Å². The molecule has 2 heterocycles. The molecule has 0 aliphatic carbocycles. The van der Waals surface area contributed by atoms with Crippen LogP contribution in [0, 0.1) is 0 Å². The maximum absolute atomic E-state index is 12.0. The Bertz CT molecular complexity index is 773. The molecule has 0 bridgehead atoms. The first-order chi connectivity index (χ1) is 9.15. The molecule has 0 amide bonds. The van der Waals surface area contributed by atoms with Crippen molar-refractivity contribution >= 4 is 16.6 Å². The first-order valence-corrected chi connectivity index (χ1v) is 5.86. The van der Waals surface area contributed by atoms with Crippen molar-refractivity contribution in [3.8, 4) is 5.95 Å². The van der Waals surface area contributed by atoms with E-state index in [0.29, 0.717) is 16.9 Å². The van der Waals surface area contributed by atoms with Crippen molar-refractivity contribution in [1.82, 2.24) is 19.7 Å². The highest BCUT2D eigenvalue weighted by atomic mass is 16.1. The van der Waals surface area contributed by atoms with Gasteiger partial charge in [0.2, 0.25) is 5.95 Å². The van der Waals surface area contributed by atoms with E-state index in [1.165, 1.54) is 4.68 Å². The smallest absolute Gasteiger partial charge is 0.260 e. The third-order valence-electron chi connectivity index (χ3n) is 2.92. The fourth-order valence-corrected chi connectivity index (χ4v) is 1.90. The van der Waals surface area contributed by atoms with Crippen LogP contribution in [-0.4, -0.2) is 33.8 Å². The van der Waals surface area contributed by atoms with Gasteiger partial charge in [0.05, 0.1) is 10.9 Å². The number of aromatic amines is 1. The number of H-pyrrole nitrogens is 1. The van der Waals surface area contributed by atoms with Crippen LogP contribution >= 0.6 is 0 Å². The van der Waals surface area contributed by atoms with Gasteiger partial charge in [0, 0.05) is 32.2 Å². The maximum atomic E-state index is 12.0. The van der Waals surface area contributed by atoms with E-state index in [4.69, 9.17) is 0 Å². The average molecular weight is 255 g/mol. The minimum Gasteiger partial charge on any atom is -0.378 e. The molecule has 3 rings (SSSR count). The van der Waals surface area contributed by atoms with Crippen LogP contribution in [0.15, 0.2) is 41.5 Å². The fourth-order valence-electron chi connectivity index (χ4n) is 1.90. The highest BCUT2D eigenvalue weighted by Crippen LogP contribution is 2.17. The van der Waals surface area contributed by atoms with E-state index < -0.39 is 0 Å². The van der Waals surface area contributed by atoms with Gasteiger partial charge in [-0.3, -0.25) is 9.78 Å². The van der Waals surface area contributed by atoms with Crippen molar-refractivity contribution in [3.05, 3.63) is 47.0 Å². The summed E-state index contributed by atoms with van der Waals surface area (Å²) in [6, 6.07) is 7.34. The zero-order valence-corrected chi connectivity index (χ0v) is 10.7. The van der Waals surface area contributed by atoms with Crippen LogP contribution in [0.4, 0.5) is 5.69 Å². The molecule has 1 N–H and O–H groups in total. The van der Waals surface area contributed by atoms with Crippen LogP contribution in [0.25, 0.3) is 16.9 Å². The zero-order valence-electron chi connectivity index (χ0n) is 10.7. The Kier molecular flexibility index (Phi) is 2.56. The largest absolute Gasteiger partial charge is 0.378 e. The van der Waals surface area contributed by atoms with Gasteiger partial charge in [-0.15, -0.1) is 0 Å². The molecule has 0 fully saturated rings. The summed E-state index contributed by atoms with van der Waals surface area (Å²) >= 11 is 0. The number of nitrogens with zero attached hydrogens (tertiary/aromatic N) is 4. The Balaban J connectivity index is 2.26. The molecule has 6 heteroatoms. The van der Waals surface area contributed by atoms with Crippen molar-refractivity contribution in [3.63, 3.8) is 0 Å². The highest BCUT2D eigenvalue weighted by molar-refractivity contribution is 5.81. The Hall–Kier alpha value is -2.63. The number of hydrogen-bond acceptors (Lipinski definition) is 4. The lowest BCUT2D eigenvalue weighted by atomic mass is 10.2. The summed E-state index contributed by atoms with van der Waals surface area (Å²) in [5.41, 5.74) is 1.48. The van der Waals surface area contributed by atoms with E-state index in [-0.39, 0.29) is 5.56 Å². The summed E-state index contributed by atoms with van der Waals surface area (Å²) in [5, 5.41) is 4.64. The zero-order chi connectivity index (χ0) is 13.4. The van der Waals surface area contributed by atoms with Gasteiger partial charge < -0.3 is 4.90 Å². The van der Waals surface area contributed by atoms with Gasteiger partial charge in [0.15, 0.2) is 0 Å². The van der Waals surface area contributed by atoms with E-state index >= 15 is 0 Å². The first kappa shape index (κ1) is 11.5. The second-order valence-electron chi connectivity index (χ2n) is 4.44. The van der Waals surface area contributed by atoms with Gasteiger partial charge in [-0.1, -0.05) is 0 Å². The lowest BCUT2D eigenvalue weighted by molar-refractivity contribution is 0.810. The van der Waals surface area contributed by atoms with Crippen molar-refractivity contribution in [2.75, 3.05) is 19.0 Å². The molecule has 96 valence electrons. The lowest BCUT2D eigenvalue weighted by Gasteiger charge is -2.12. The lowest BCUT2D eigenvalue weighted by Crippen LogP contribution is -2.15. The molecular formula is C13H13N5O. The molecule has 0 atom stereocenters. The Labute approximate surface area is 109 Å². The minimum absolute atomic E-state index is 0.166. The van der Waals surface area contributed by atoms with Crippen molar-refractivity contribution < 1.29 is 0 Å². The van der Waals surface area contributed by atoms with E-state index in [1.54, 1.807) is 24.5 Å². The summed E-state index contributed by atoms with van der Waals surface area (Å²) in [5.74, 6) is 0.415. The highest BCUT2D eigenvalue weighted by Gasteiger charge is 2.07. The van der Waals surface area contributed by atoms with Gasteiger partial charge in [-0.05, 0) is 24.3 Å². The number of fused-ring (bicyclic) bond motifs is 1. The van der Waals surface area contributed by atoms with Gasteiger partial charge in [-0.2, -0.15) is 5.10 Å².